The summed E-state index contributed by atoms with van der Waals surface area (Å²) in [5.74, 6) is -0.159. The summed E-state index contributed by atoms with van der Waals surface area (Å²) in [5, 5.41) is 13.3. The van der Waals surface area contributed by atoms with Gasteiger partial charge in [-0.25, -0.2) is 9.50 Å². The number of methoxy groups -OCH3 is 1. The van der Waals surface area contributed by atoms with Crippen LogP contribution < -0.4 is 10.5 Å². The maximum atomic E-state index is 11.5. The normalized spacial score (nSPS) is 10.5. The molecule has 7 nitrogen and oxygen atoms in total. The first-order valence-corrected chi connectivity index (χ1v) is 6.79. The second-order valence-electron chi connectivity index (χ2n) is 4.94. The molecule has 2 aromatic heterocycles. The van der Waals surface area contributed by atoms with Gasteiger partial charge >= 0.3 is 0 Å². The number of nitriles is 1. The molecule has 1 aromatic carbocycles. The molecular formula is C16H13N5O2. The lowest BCUT2D eigenvalue weighted by Gasteiger charge is -2.11. The van der Waals surface area contributed by atoms with Crippen LogP contribution in [0.4, 0.5) is 0 Å². The molecule has 0 aliphatic heterocycles. The van der Waals surface area contributed by atoms with Gasteiger partial charge in [0.2, 0.25) is 0 Å². The van der Waals surface area contributed by atoms with Gasteiger partial charge < -0.3 is 10.5 Å². The number of primary amides is 1. The van der Waals surface area contributed by atoms with Crippen LogP contribution >= 0.6 is 0 Å². The third-order valence-electron chi connectivity index (χ3n) is 3.53. The summed E-state index contributed by atoms with van der Waals surface area (Å²) in [4.78, 5) is 16.0. The highest BCUT2D eigenvalue weighted by molar-refractivity contribution is 5.98. The third-order valence-corrected chi connectivity index (χ3v) is 3.53. The minimum Gasteiger partial charge on any atom is -0.495 e. The first kappa shape index (κ1) is 14.5. The summed E-state index contributed by atoms with van der Waals surface area (Å²) in [6, 6.07) is 9.12. The Morgan fingerprint density at radius 2 is 2.22 bits per heavy atom. The lowest BCUT2D eigenvalue weighted by Crippen LogP contribution is -2.11. The monoisotopic (exact) mass is 307 g/mol. The standard InChI is InChI=1S/C16H13N5O2/c1-9-6-13(11-5-3-4-10(7-17)14(11)23-2)20-16-12(15(18)22)8-19-21(9)16/h3-6,8H,1-2H3,(H2,18,22). The number of ether oxygens (including phenoxy) is 1. The predicted octanol–water partition coefficient (Wildman–Crippen LogP) is 1.68. The zero-order valence-electron chi connectivity index (χ0n) is 12.6. The molecule has 0 atom stereocenters. The van der Waals surface area contributed by atoms with Gasteiger partial charge in [-0.2, -0.15) is 10.4 Å². The molecule has 0 radical (unpaired) electrons. The van der Waals surface area contributed by atoms with Crippen LogP contribution in [0.5, 0.6) is 5.75 Å². The summed E-state index contributed by atoms with van der Waals surface area (Å²) >= 11 is 0. The smallest absolute Gasteiger partial charge is 0.254 e. The Hall–Kier alpha value is -3.40. The van der Waals surface area contributed by atoms with Crippen LogP contribution in [-0.4, -0.2) is 27.6 Å². The average Bonchev–Trinajstić information content (AvgIpc) is 2.98. The van der Waals surface area contributed by atoms with Crippen molar-refractivity contribution in [3.63, 3.8) is 0 Å². The molecule has 2 heterocycles. The molecule has 0 fully saturated rings. The topological polar surface area (TPSA) is 106 Å². The number of benzene rings is 1. The van der Waals surface area contributed by atoms with E-state index in [1.165, 1.54) is 13.3 Å². The van der Waals surface area contributed by atoms with E-state index in [4.69, 9.17) is 10.5 Å². The lowest BCUT2D eigenvalue weighted by molar-refractivity contribution is 0.100. The number of fused-ring (bicyclic) bond motifs is 1. The quantitative estimate of drug-likeness (QED) is 0.792. The molecule has 7 heteroatoms. The van der Waals surface area contributed by atoms with Crippen LogP contribution in [0.3, 0.4) is 0 Å². The number of aromatic nitrogens is 3. The minimum absolute atomic E-state index is 0.241. The van der Waals surface area contributed by atoms with Gasteiger partial charge in [0.1, 0.15) is 17.4 Å². The van der Waals surface area contributed by atoms with Gasteiger partial charge in [-0.05, 0) is 25.1 Å². The number of carbonyl (C=O) groups excluding carboxylic acids is 1. The van der Waals surface area contributed by atoms with Crippen LogP contribution in [-0.2, 0) is 0 Å². The summed E-state index contributed by atoms with van der Waals surface area (Å²) in [6.45, 7) is 1.84. The van der Waals surface area contributed by atoms with Crippen molar-refractivity contribution in [2.75, 3.05) is 7.11 Å². The molecule has 3 rings (SSSR count). The second kappa shape index (κ2) is 5.42. The summed E-state index contributed by atoms with van der Waals surface area (Å²) in [5.41, 5.74) is 8.40. The zero-order chi connectivity index (χ0) is 16.6. The van der Waals surface area contributed by atoms with Crippen molar-refractivity contribution in [1.29, 1.82) is 5.26 Å². The summed E-state index contributed by atoms with van der Waals surface area (Å²) in [7, 11) is 1.50. The van der Waals surface area contributed by atoms with Crippen molar-refractivity contribution in [3.05, 3.63) is 47.3 Å². The van der Waals surface area contributed by atoms with E-state index in [9.17, 15) is 10.1 Å². The summed E-state index contributed by atoms with van der Waals surface area (Å²) in [6.07, 6.45) is 1.39. The highest BCUT2D eigenvalue weighted by Crippen LogP contribution is 2.32. The fraction of sp³-hybridized carbons (Fsp3) is 0.125. The molecule has 1 amide bonds. The number of amides is 1. The highest BCUT2D eigenvalue weighted by atomic mass is 16.5. The van der Waals surface area contributed by atoms with E-state index in [-0.39, 0.29) is 5.56 Å². The first-order valence-electron chi connectivity index (χ1n) is 6.79. The molecule has 0 saturated carbocycles. The Kier molecular flexibility index (Phi) is 3.43. The van der Waals surface area contributed by atoms with Crippen molar-refractivity contribution in [2.24, 2.45) is 5.73 Å². The fourth-order valence-electron chi connectivity index (χ4n) is 2.47. The van der Waals surface area contributed by atoms with E-state index in [1.54, 1.807) is 22.7 Å². The molecular weight excluding hydrogens is 294 g/mol. The predicted molar refractivity (Wildman–Crippen MR) is 82.9 cm³/mol. The number of hydrogen-bond donors (Lipinski definition) is 1. The largest absolute Gasteiger partial charge is 0.495 e. The number of nitrogens with two attached hydrogens (primary N) is 1. The van der Waals surface area contributed by atoms with Gasteiger partial charge in [0.05, 0.1) is 24.6 Å². The van der Waals surface area contributed by atoms with Gasteiger partial charge in [0, 0.05) is 11.3 Å². The fourth-order valence-corrected chi connectivity index (χ4v) is 2.47. The minimum atomic E-state index is -0.596. The van der Waals surface area contributed by atoms with Crippen molar-refractivity contribution in [3.8, 4) is 23.1 Å². The van der Waals surface area contributed by atoms with Crippen molar-refractivity contribution < 1.29 is 9.53 Å². The van der Waals surface area contributed by atoms with Crippen molar-refractivity contribution in [1.82, 2.24) is 14.6 Å². The molecule has 23 heavy (non-hydrogen) atoms. The van der Waals surface area contributed by atoms with Gasteiger partial charge in [0.25, 0.3) is 5.91 Å². The van der Waals surface area contributed by atoms with Crippen LogP contribution in [0, 0.1) is 18.3 Å². The number of hydrogen-bond acceptors (Lipinski definition) is 5. The Morgan fingerprint density at radius 1 is 1.43 bits per heavy atom. The third kappa shape index (κ3) is 2.26. The van der Waals surface area contributed by atoms with E-state index < -0.39 is 5.91 Å². The average molecular weight is 307 g/mol. The van der Waals surface area contributed by atoms with Gasteiger partial charge in [-0.15, -0.1) is 0 Å². The number of rotatable bonds is 3. The number of para-hydroxylation sites is 1. The Morgan fingerprint density at radius 3 is 2.87 bits per heavy atom. The molecule has 0 aliphatic carbocycles. The molecule has 114 valence electrons. The van der Waals surface area contributed by atoms with Crippen molar-refractivity contribution >= 4 is 11.6 Å². The molecule has 0 unspecified atom stereocenters. The molecule has 0 saturated heterocycles. The Bertz CT molecular complexity index is 968. The van der Waals surface area contributed by atoms with E-state index >= 15 is 0 Å². The lowest BCUT2D eigenvalue weighted by atomic mass is 10.1. The summed E-state index contributed by atoms with van der Waals surface area (Å²) < 4.78 is 6.90. The second-order valence-corrected chi connectivity index (χ2v) is 4.94. The van der Waals surface area contributed by atoms with Gasteiger partial charge in [0.15, 0.2) is 5.65 Å². The van der Waals surface area contributed by atoms with Crippen molar-refractivity contribution in [2.45, 2.75) is 6.92 Å². The molecule has 3 aromatic rings. The molecule has 0 bridgehead atoms. The first-order chi connectivity index (χ1) is 11.1. The Balaban J connectivity index is 2.32. The van der Waals surface area contributed by atoms with Crippen LogP contribution in [0.2, 0.25) is 0 Å². The molecule has 2 N–H and O–H groups in total. The van der Waals surface area contributed by atoms with Crippen LogP contribution in [0.15, 0.2) is 30.5 Å². The van der Waals surface area contributed by atoms with E-state index in [1.807, 2.05) is 13.0 Å². The van der Waals surface area contributed by atoms with Gasteiger partial charge in [-0.3, -0.25) is 4.79 Å². The highest BCUT2D eigenvalue weighted by Gasteiger charge is 2.17. The SMILES string of the molecule is COc1c(C#N)cccc1-c1cc(C)n2ncc(C(N)=O)c2n1. The van der Waals surface area contributed by atoms with Gasteiger partial charge in [-0.1, -0.05) is 6.07 Å². The maximum Gasteiger partial charge on any atom is 0.254 e. The zero-order valence-corrected chi connectivity index (χ0v) is 12.6. The van der Waals surface area contributed by atoms with Crippen LogP contribution in [0.25, 0.3) is 16.9 Å². The number of carbonyl (C=O) groups is 1. The van der Waals surface area contributed by atoms with Crippen LogP contribution in [0.1, 0.15) is 21.6 Å². The van der Waals surface area contributed by atoms with E-state index in [2.05, 4.69) is 16.2 Å². The van der Waals surface area contributed by atoms with E-state index in [0.29, 0.717) is 28.2 Å². The maximum absolute atomic E-state index is 11.5. The number of aryl methyl sites for hydroxylation is 1. The molecule has 0 spiro atoms. The Labute approximate surface area is 131 Å². The number of nitrogens with zero attached hydrogens (tertiary/aromatic N) is 4. The van der Waals surface area contributed by atoms with E-state index in [0.717, 1.165) is 5.69 Å². The molecule has 0 aliphatic rings.